The molecule has 0 aliphatic carbocycles. The van der Waals surface area contributed by atoms with Crippen LogP contribution < -0.4 is 0 Å². The number of hydrogen-bond acceptors (Lipinski definition) is 3. The first-order chi connectivity index (χ1) is 14.2. The van der Waals surface area contributed by atoms with Crippen LogP contribution >= 0.6 is 23.2 Å². The summed E-state index contributed by atoms with van der Waals surface area (Å²) < 4.78 is 0. The molecular weight excluding hydrogens is 413 g/mol. The summed E-state index contributed by atoms with van der Waals surface area (Å²) in [5, 5.41) is 1.29. The third kappa shape index (κ3) is 4.97. The van der Waals surface area contributed by atoms with E-state index in [9.17, 15) is 0 Å². The van der Waals surface area contributed by atoms with Crippen LogP contribution in [0.25, 0.3) is 0 Å². The van der Waals surface area contributed by atoms with Gasteiger partial charge in [0.15, 0.2) is 0 Å². The number of benzene rings is 2. The molecule has 3 rings (SSSR count). The van der Waals surface area contributed by atoms with Gasteiger partial charge in [-0.25, -0.2) is 15.0 Å². The van der Waals surface area contributed by atoms with Gasteiger partial charge in [0.05, 0.1) is 44.2 Å². The van der Waals surface area contributed by atoms with Crippen molar-refractivity contribution in [2.75, 3.05) is 0 Å². The molecule has 0 aliphatic rings. The van der Waals surface area contributed by atoms with Crippen LogP contribution in [-0.2, 0) is 0 Å². The number of rotatable bonds is 4. The maximum absolute atomic E-state index is 6.42. The summed E-state index contributed by atoms with van der Waals surface area (Å²) in [7, 11) is 0. The van der Waals surface area contributed by atoms with Gasteiger partial charge in [0.2, 0.25) is 0 Å². The van der Waals surface area contributed by atoms with E-state index in [1.165, 1.54) is 0 Å². The SMILES string of the molecule is C/C(=N\c1c(C)cc(C)cc1Cl)c1cccc(/C(C)=N/c2c(C)cc(C)cc2Cl)n1. The summed E-state index contributed by atoms with van der Waals surface area (Å²) in [6, 6.07) is 13.8. The minimum absolute atomic E-state index is 0.644. The molecule has 3 nitrogen and oxygen atoms in total. The Morgan fingerprint density at radius 1 is 0.700 bits per heavy atom. The molecule has 0 unspecified atom stereocenters. The van der Waals surface area contributed by atoms with Gasteiger partial charge in [0.1, 0.15) is 0 Å². The number of nitrogens with zero attached hydrogens (tertiary/aromatic N) is 3. The molecule has 2 aromatic carbocycles. The monoisotopic (exact) mass is 437 g/mol. The molecule has 1 aromatic heterocycles. The first-order valence-corrected chi connectivity index (χ1v) is 10.5. The van der Waals surface area contributed by atoms with Gasteiger partial charge in [0, 0.05) is 0 Å². The van der Waals surface area contributed by atoms with Gasteiger partial charge in [-0.3, -0.25) is 0 Å². The van der Waals surface area contributed by atoms with Crippen molar-refractivity contribution in [2.24, 2.45) is 9.98 Å². The van der Waals surface area contributed by atoms with Crippen LogP contribution in [0, 0.1) is 27.7 Å². The molecule has 0 N–H and O–H groups in total. The van der Waals surface area contributed by atoms with Crippen LogP contribution in [0.1, 0.15) is 47.5 Å². The number of hydrogen-bond donors (Lipinski definition) is 0. The first-order valence-electron chi connectivity index (χ1n) is 9.77. The Morgan fingerprint density at radius 3 is 1.47 bits per heavy atom. The largest absolute Gasteiger partial charge is 0.250 e. The van der Waals surface area contributed by atoms with Gasteiger partial charge in [-0.1, -0.05) is 41.4 Å². The zero-order valence-corrected chi connectivity index (χ0v) is 19.7. The lowest BCUT2D eigenvalue weighted by Gasteiger charge is -2.09. The average molecular weight is 438 g/mol. The predicted octanol–water partition coefficient (Wildman–Crippen LogP) is 7.90. The second-order valence-electron chi connectivity index (χ2n) is 7.63. The van der Waals surface area contributed by atoms with Crippen molar-refractivity contribution in [3.05, 3.63) is 86.2 Å². The summed E-state index contributed by atoms with van der Waals surface area (Å²) in [5.41, 5.74) is 9.02. The second-order valence-corrected chi connectivity index (χ2v) is 8.44. The average Bonchev–Trinajstić information content (AvgIpc) is 2.67. The number of aryl methyl sites for hydroxylation is 4. The van der Waals surface area contributed by atoms with Gasteiger partial charge in [-0.15, -0.1) is 0 Å². The molecule has 0 bridgehead atoms. The molecule has 154 valence electrons. The van der Waals surface area contributed by atoms with Crippen LogP contribution in [-0.4, -0.2) is 16.4 Å². The van der Waals surface area contributed by atoms with Gasteiger partial charge in [-0.05, 0) is 88.1 Å². The Morgan fingerprint density at radius 2 is 1.10 bits per heavy atom. The molecule has 30 heavy (non-hydrogen) atoms. The van der Waals surface area contributed by atoms with Gasteiger partial charge >= 0.3 is 0 Å². The van der Waals surface area contributed by atoms with Crippen molar-refractivity contribution in [3.8, 4) is 0 Å². The van der Waals surface area contributed by atoms with Gasteiger partial charge < -0.3 is 0 Å². The second kappa shape index (κ2) is 9.11. The molecule has 0 saturated carbocycles. The quantitative estimate of drug-likeness (QED) is 0.382. The maximum atomic E-state index is 6.42. The van der Waals surface area contributed by atoms with E-state index < -0.39 is 0 Å². The Kier molecular flexibility index (Phi) is 6.74. The highest BCUT2D eigenvalue weighted by Gasteiger charge is 2.10. The van der Waals surface area contributed by atoms with Crippen LogP contribution in [0.2, 0.25) is 10.0 Å². The number of halogens is 2. The minimum atomic E-state index is 0.644. The number of aliphatic imine (C=N–C) groups is 2. The summed E-state index contributed by atoms with van der Waals surface area (Å²) in [6.45, 7) is 12.0. The first kappa shape index (κ1) is 22.2. The summed E-state index contributed by atoms with van der Waals surface area (Å²) >= 11 is 12.8. The molecule has 0 saturated heterocycles. The third-order valence-corrected chi connectivity index (χ3v) is 5.42. The summed E-state index contributed by atoms with van der Waals surface area (Å²) in [5.74, 6) is 0. The van der Waals surface area contributed by atoms with E-state index in [1.807, 2.05) is 71.9 Å². The smallest absolute Gasteiger partial charge is 0.0849 e. The van der Waals surface area contributed by atoms with E-state index >= 15 is 0 Å². The van der Waals surface area contributed by atoms with E-state index in [-0.39, 0.29) is 0 Å². The van der Waals surface area contributed by atoms with Crippen molar-refractivity contribution in [1.82, 2.24) is 4.98 Å². The molecule has 0 spiro atoms. The Bertz CT molecular complexity index is 1040. The third-order valence-electron chi connectivity index (χ3n) is 4.85. The van der Waals surface area contributed by atoms with Gasteiger partial charge in [0.25, 0.3) is 0 Å². The lowest BCUT2D eigenvalue weighted by Crippen LogP contribution is -2.05. The highest BCUT2D eigenvalue weighted by atomic mass is 35.5. The molecule has 0 fully saturated rings. The van der Waals surface area contributed by atoms with E-state index in [0.717, 1.165) is 56.4 Å². The number of aromatic nitrogens is 1. The van der Waals surface area contributed by atoms with Crippen molar-refractivity contribution in [3.63, 3.8) is 0 Å². The van der Waals surface area contributed by atoms with Crippen LogP contribution in [0.4, 0.5) is 11.4 Å². The fourth-order valence-electron chi connectivity index (χ4n) is 3.39. The van der Waals surface area contributed by atoms with Crippen LogP contribution in [0.15, 0.2) is 52.4 Å². The topological polar surface area (TPSA) is 37.6 Å². The molecule has 0 aliphatic heterocycles. The summed E-state index contributed by atoms with van der Waals surface area (Å²) in [4.78, 5) is 14.3. The Hall–Kier alpha value is -2.49. The van der Waals surface area contributed by atoms with E-state index in [0.29, 0.717) is 10.0 Å². The lowest BCUT2D eigenvalue weighted by atomic mass is 10.1. The normalized spacial score (nSPS) is 12.4. The predicted molar refractivity (Wildman–Crippen MR) is 130 cm³/mol. The zero-order valence-electron chi connectivity index (χ0n) is 18.1. The molecule has 3 aromatic rings. The fraction of sp³-hybridized carbons (Fsp3) is 0.240. The molecule has 1 heterocycles. The van der Waals surface area contributed by atoms with Crippen molar-refractivity contribution in [1.29, 1.82) is 0 Å². The van der Waals surface area contributed by atoms with Crippen molar-refractivity contribution >= 4 is 46.0 Å². The zero-order chi connectivity index (χ0) is 22.0. The fourth-order valence-corrected chi connectivity index (χ4v) is 4.11. The maximum Gasteiger partial charge on any atom is 0.0849 e. The van der Waals surface area contributed by atoms with Crippen LogP contribution in [0.3, 0.4) is 0 Å². The van der Waals surface area contributed by atoms with Crippen LogP contribution in [0.5, 0.6) is 0 Å². The van der Waals surface area contributed by atoms with E-state index in [2.05, 4.69) is 12.1 Å². The Balaban J connectivity index is 1.99. The Labute approximate surface area is 188 Å². The lowest BCUT2D eigenvalue weighted by molar-refractivity contribution is 1.23. The number of pyridine rings is 1. The summed E-state index contributed by atoms with van der Waals surface area (Å²) in [6.07, 6.45) is 0. The minimum Gasteiger partial charge on any atom is -0.250 e. The highest BCUT2D eigenvalue weighted by molar-refractivity contribution is 6.33. The van der Waals surface area contributed by atoms with Crippen molar-refractivity contribution < 1.29 is 0 Å². The molecule has 0 amide bonds. The van der Waals surface area contributed by atoms with E-state index in [4.69, 9.17) is 38.2 Å². The standard InChI is InChI=1S/C25H25Cl2N3/c1-14-10-16(3)24(20(26)12-14)28-18(5)22-8-7-9-23(30-22)19(6)29-25-17(4)11-15(2)13-21(25)27/h7-13H,1-6H3/b28-18+,29-19+. The molecule has 5 heteroatoms. The molecular formula is C25H25Cl2N3. The molecule has 0 atom stereocenters. The molecule has 0 radical (unpaired) electrons. The van der Waals surface area contributed by atoms with Gasteiger partial charge in [-0.2, -0.15) is 0 Å². The van der Waals surface area contributed by atoms with E-state index in [1.54, 1.807) is 0 Å². The highest BCUT2D eigenvalue weighted by Crippen LogP contribution is 2.32. The van der Waals surface area contributed by atoms with Crippen molar-refractivity contribution in [2.45, 2.75) is 41.5 Å².